The summed E-state index contributed by atoms with van der Waals surface area (Å²) >= 11 is 0. The Morgan fingerprint density at radius 2 is 2.35 bits per heavy atom. The summed E-state index contributed by atoms with van der Waals surface area (Å²) in [6.45, 7) is 0. The molecule has 1 aromatic rings. The first-order valence-corrected chi connectivity index (χ1v) is 6.91. The minimum Gasteiger partial charge on any atom is -0.493 e. The second-order valence-electron chi connectivity index (χ2n) is 5.59. The van der Waals surface area contributed by atoms with Crippen LogP contribution in [-0.4, -0.2) is 13.2 Å². The van der Waals surface area contributed by atoms with Gasteiger partial charge in [0.05, 0.1) is 18.6 Å². The lowest BCUT2D eigenvalue weighted by atomic mass is 9.60. The van der Waals surface area contributed by atoms with Crippen LogP contribution >= 0.6 is 0 Å². The smallest absolute Gasteiger partial charge is 0.166 e. The number of methoxy groups -OCH3 is 1. The standard InChI is InChI=1S/C17H15NO2/c1-19-13-8-6-11-5-7-12-3-2-4-14-17(12,9-10-18)15(11)16(13)20-14/h2-3,5-8,12,14H,4,9H2,1H3. The summed E-state index contributed by atoms with van der Waals surface area (Å²) < 4.78 is 11.7. The highest BCUT2D eigenvalue weighted by molar-refractivity contribution is 5.71. The Kier molecular flexibility index (Phi) is 2.26. The normalized spacial score (nSPS) is 31.4. The van der Waals surface area contributed by atoms with E-state index in [9.17, 15) is 5.26 Å². The molecule has 0 bridgehead atoms. The topological polar surface area (TPSA) is 42.2 Å². The quantitative estimate of drug-likeness (QED) is 0.771. The van der Waals surface area contributed by atoms with Gasteiger partial charge in [-0.25, -0.2) is 0 Å². The van der Waals surface area contributed by atoms with Gasteiger partial charge in [-0.05, 0) is 11.6 Å². The molecule has 0 saturated carbocycles. The maximum atomic E-state index is 9.36. The van der Waals surface area contributed by atoms with Crippen LogP contribution in [0, 0.1) is 17.2 Å². The van der Waals surface area contributed by atoms with Crippen LogP contribution in [0.1, 0.15) is 24.0 Å². The van der Waals surface area contributed by atoms with Crippen molar-refractivity contribution in [1.82, 2.24) is 0 Å². The molecule has 100 valence electrons. The predicted octanol–water partition coefficient (Wildman–Crippen LogP) is 3.21. The molecule has 0 N–H and O–H groups in total. The highest BCUT2D eigenvalue weighted by atomic mass is 16.5. The minimum atomic E-state index is -0.239. The van der Waals surface area contributed by atoms with Gasteiger partial charge in [-0.2, -0.15) is 5.26 Å². The molecule has 0 radical (unpaired) electrons. The maximum Gasteiger partial charge on any atom is 0.166 e. The number of allylic oxidation sites excluding steroid dienone is 2. The van der Waals surface area contributed by atoms with Gasteiger partial charge in [-0.3, -0.25) is 0 Å². The highest BCUT2D eigenvalue weighted by Crippen LogP contribution is 2.59. The molecule has 0 aromatic heterocycles. The summed E-state index contributed by atoms with van der Waals surface area (Å²) in [5, 5.41) is 9.36. The summed E-state index contributed by atoms with van der Waals surface area (Å²) in [4.78, 5) is 0. The molecule has 3 aliphatic rings. The Balaban J connectivity index is 2.04. The third-order valence-corrected chi connectivity index (χ3v) is 4.82. The number of ether oxygens (including phenoxy) is 2. The van der Waals surface area contributed by atoms with E-state index in [-0.39, 0.29) is 17.4 Å². The van der Waals surface area contributed by atoms with E-state index in [1.807, 2.05) is 6.07 Å². The average Bonchev–Trinajstić information content (AvgIpc) is 2.81. The Labute approximate surface area is 118 Å². The van der Waals surface area contributed by atoms with Gasteiger partial charge in [0, 0.05) is 24.3 Å². The van der Waals surface area contributed by atoms with E-state index in [4.69, 9.17) is 9.47 Å². The van der Waals surface area contributed by atoms with Gasteiger partial charge in [0.25, 0.3) is 0 Å². The van der Waals surface area contributed by atoms with Crippen LogP contribution in [0.3, 0.4) is 0 Å². The third-order valence-electron chi connectivity index (χ3n) is 4.82. The Hall–Kier alpha value is -2.21. The van der Waals surface area contributed by atoms with Crippen molar-refractivity contribution in [3.8, 4) is 17.6 Å². The van der Waals surface area contributed by atoms with Crippen molar-refractivity contribution in [2.75, 3.05) is 7.11 Å². The first-order valence-electron chi connectivity index (χ1n) is 6.91. The van der Waals surface area contributed by atoms with Crippen molar-refractivity contribution in [2.45, 2.75) is 24.4 Å². The highest BCUT2D eigenvalue weighted by Gasteiger charge is 2.56. The first-order chi connectivity index (χ1) is 9.81. The van der Waals surface area contributed by atoms with Crippen molar-refractivity contribution in [3.05, 3.63) is 41.5 Å². The summed E-state index contributed by atoms with van der Waals surface area (Å²) in [6, 6.07) is 6.39. The number of nitrogens with zero attached hydrogens (tertiary/aromatic N) is 1. The Morgan fingerprint density at radius 3 is 3.15 bits per heavy atom. The van der Waals surface area contributed by atoms with Crippen LogP contribution in [0.4, 0.5) is 0 Å². The van der Waals surface area contributed by atoms with Gasteiger partial charge in [0.2, 0.25) is 0 Å². The number of hydrogen-bond acceptors (Lipinski definition) is 3. The molecule has 1 aromatic carbocycles. The van der Waals surface area contributed by atoms with Gasteiger partial charge < -0.3 is 9.47 Å². The molecule has 20 heavy (non-hydrogen) atoms. The number of rotatable bonds is 2. The zero-order valence-corrected chi connectivity index (χ0v) is 11.3. The minimum absolute atomic E-state index is 0.0344. The molecule has 3 unspecified atom stereocenters. The molecule has 4 rings (SSSR count). The van der Waals surface area contributed by atoms with Crippen LogP contribution in [-0.2, 0) is 5.41 Å². The van der Waals surface area contributed by atoms with E-state index < -0.39 is 0 Å². The van der Waals surface area contributed by atoms with E-state index in [0.29, 0.717) is 6.42 Å². The van der Waals surface area contributed by atoms with Crippen LogP contribution in [0.15, 0.2) is 30.4 Å². The lowest BCUT2D eigenvalue weighted by Gasteiger charge is -2.41. The molecular weight excluding hydrogens is 250 g/mol. The van der Waals surface area contributed by atoms with Gasteiger partial charge in [0.15, 0.2) is 11.5 Å². The van der Waals surface area contributed by atoms with Crippen molar-refractivity contribution in [1.29, 1.82) is 5.26 Å². The summed E-state index contributed by atoms with van der Waals surface area (Å²) in [7, 11) is 1.66. The van der Waals surface area contributed by atoms with Crippen LogP contribution in [0.25, 0.3) is 6.08 Å². The zero-order chi connectivity index (χ0) is 13.7. The van der Waals surface area contributed by atoms with E-state index in [1.54, 1.807) is 7.11 Å². The maximum absolute atomic E-state index is 9.36. The zero-order valence-electron chi connectivity index (χ0n) is 11.3. The van der Waals surface area contributed by atoms with Crippen LogP contribution in [0.2, 0.25) is 0 Å². The molecule has 0 saturated heterocycles. The fourth-order valence-corrected chi connectivity index (χ4v) is 3.94. The summed E-state index contributed by atoms with van der Waals surface area (Å²) in [6.07, 6.45) is 10.1. The van der Waals surface area contributed by atoms with E-state index >= 15 is 0 Å². The molecule has 2 aliphatic carbocycles. The van der Waals surface area contributed by atoms with Crippen molar-refractivity contribution in [3.63, 3.8) is 0 Å². The van der Waals surface area contributed by atoms with E-state index in [0.717, 1.165) is 23.5 Å². The molecule has 3 nitrogen and oxygen atoms in total. The molecule has 1 aliphatic heterocycles. The molecule has 3 atom stereocenters. The molecule has 3 heteroatoms. The van der Waals surface area contributed by atoms with Crippen LogP contribution in [0.5, 0.6) is 11.5 Å². The van der Waals surface area contributed by atoms with Crippen molar-refractivity contribution >= 4 is 6.08 Å². The molecular formula is C17H15NO2. The monoisotopic (exact) mass is 265 g/mol. The van der Waals surface area contributed by atoms with Crippen molar-refractivity contribution < 1.29 is 9.47 Å². The Morgan fingerprint density at radius 1 is 1.45 bits per heavy atom. The Bertz CT molecular complexity index is 683. The van der Waals surface area contributed by atoms with Gasteiger partial charge in [-0.1, -0.05) is 30.4 Å². The van der Waals surface area contributed by atoms with Gasteiger partial charge in [0.1, 0.15) is 6.10 Å². The molecule has 0 amide bonds. The molecule has 0 fully saturated rings. The lowest BCUT2D eigenvalue weighted by Crippen LogP contribution is -2.46. The predicted molar refractivity (Wildman–Crippen MR) is 75.6 cm³/mol. The lowest BCUT2D eigenvalue weighted by molar-refractivity contribution is 0.121. The van der Waals surface area contributed by atoms with Gasteiger partial charge in [-0.15, -0.1) is 0 Å². The third kappa shape index (κ3) is 1.19. The summed E-state index contributed by atoms with van der Waals surface area (Å²) in [5.41, 5.74) is 2.09. The number of hydrogen-bond donors (Lipinski definition) is 0. The molecule has 1 heterocycles. The van der Waals surface area contributed by atoms with E-state index in [2.05, 4.69) is 36.4 Å². The SMILES string of the molecule is COc1ccc2c3c1OC1CC=CC(C=C2)C31CC#N. The van der Waals surface area contributed by atoms with Gasteiger partial charge >= 0.3 is 0 Å². The second-order valence-corrected chi connectivity index (χ2v) is 5.59. The van der Waals surface area contributed by atoms with E-state index in [1.165, 1.54) is 5.56 Å². The average molecular weight is 265 g/mol. The molecule has 0 spiro atoms. The largest absolute Gasteiger partial charge is 0.493 e. The fourth-order valence-electron chi connectivity index (χ4n) is 3.94. The summed E-state index contributed by atoms with van der Waals surface area (Å²) in [5.74, 6) is 1.84. The van der Waals surface area contributed by atoms with Crippen molar-refractivity contribution in [2.24, 2.45) is 5.92 Å². The number of benzene rings is 1. The first kappa shape index (κ1) is 11.6. The number of nitriles is 1. The fraction of sp³-hybridized carbons (Fsp3) is 0.353. The van der Waals surface area contributed by atoms with Crippen LogP contribution < -0.4 is 9.47 Å². The second kappa shape index (κ2) is 3.89.